The first kappa shape index (κ1) is 10.7. The highest BCUT2D eigenvalue weighted by Gasteiger charge is 2.45. The molecule has 1 fully saturated rings. The van der Waals surface area contributed by atoms with Gasteiger partial charge in [-0.15, -0.1) is 0 Å². The Hall–Kier alpha value is -1.43. The standard InChI is InChI=1S/C12H17N5/c1-16-6-10(7-16)12(13)11-8-17(14)5-3-9(11)2-4-15-12/h2-5,8,10H,6-7,13-14H2,1H3. The molecule has 3 heterocycles. The van der Waals surface area contributed by atoms with Gasteiger partial charge in [-0.25, -0.2) is 5.84 Å². The normalized spacial score (nSPS) is 33.0. The van der Waals surface area contributed by atoms with E-state index in [2.05, 4.69) is 16.9 Å². The maximum absolute atomic E-state index is 6.49. The van der Waals surface area contributed by atoms with Gasteiger partial charge in [-0.2, -0.15) is 0 Å². The van der Waals surface area contributed by atoms with Crippen LogP contribution in [0.1, 0.15) is 0 Å². The Morgan fingerprint density at radius 3 is 2.94 bits per heavy atom. The molecule has 3 aliphatic heterocycles. The van der Waals surface area contributed by atoms with Gasteiger partial charge >= 0.3 is 0 Å². The van der Waals surface area contributed by atoms with Crippen LogP contribution < -0.4 is 11.6 Å². The second-order valence-electron chi connectivity index (χ2n) is 4.95. The minimum atomic E-state index is -0.626. The van der Waals surface area contributed by atoms with Gasteiger partial charge in [-0.05, 0) is 24.8 Å². The van der Waals surface area contributed by atoms with Crippen LogP contribution >= 0.6 is 0 Å². The highest BCUT2D eigenvalue weighted by molar-refractivity contribution is 5.79. The smallest absolute Gasteiger partial charge is 0.141 e. The molecule has 1 saturated heterocycles. The zero-order valence-electron chi connectivity index (χ0n) is 9.87. The molecule has 0 aromatic heterocycles. The lowest BCUT2D eigenvalue weighted by Gasteiger charge is -2.47. The average molecular weight is 231 g/mol. The third-order valence-electron chi connectivity index (χ3n) is 3.68. The van der Waals surface area contributed by atoms with Gasteiger partial charge in [0, 0.05) is 43.2 Å². The Morgan fingerprint density at radius 1 is 1.47 bits per heavy atom. The van der Waals surface area contributed by atoms with Crippen molar-refractivity contribution in [2.75, 3.05) is 20.1 Å². The van der Waals surface area contributed by atoms with Crippen LogP contribution in [0.2, 0.25) is 0 Å². The van der Waals surface area contributed by atoms with Crippen LogP contribution in [0, 0.1) is 5.92 Å². The lowest BCUT2D eigenvalue weighted by molar-refractivity contribution is 0.0832. The lowest BCUT2D eigenvalue weighted by atomic mass is 9.77. The summed E-state index contributed by atoms with van der Waals surface area (Å²) in [5.74, 6) is 6.13. The SMILES string of the molecule is CN1CC(C2(N)N=CC=C3C=CN(N)C=C32)C1. The fourth-order valence-electron chi connectivity index (χ4n) is 2.62. The first-order chi connectivity index (χ1) is 8.09. The molecule has 0 saturated carbocycles. The summed E-state index contributed by atoms with van der Waals surface area (Å²) in [4.78, 5) is 6.74. The molecular formula is C12H17N5. The van der Waals surface area contributed by atoms with E-state index in [-0.39, 0.29) is 0 Å². The second kappa shape index (κ2) is 3.53. The zero-order valence-corrected chi connectivity index (χ0v) is 9.87. The predicted octanol–water partition coefficient (Wildman–Crippen LogP) is -0.199. The number of likely N-dealkylation sites (tertiary alicyclic amines) is 1. The van der Waals surface area contributed by atoms with Gasteiger partial charge in [0.1, 0.15) is 5.66 Å². The number of nitrogens with two attached hydrogens (primary N) is 2. The molecule has 3 aliphatic rings. The van der Waals surface area contributed by atoms with Crippen molar-refractivity contribution in [3.63, 3.8) is 0 Å². The topological polar surface area (TPSA) is 70.9 Å². The summed E-state index contributed by atoms with van der Waals surface area (Å²) in [5, 5.41) is 1.54. The number of dihydropyridines is 1. The Labute approximate surface area is 101 Å². The molecule has 1 unspecified atom stereocenters. The highest BCUT2D eigenvalue weighted by Crippen LogP contribution is 2.38. The van der Waals surface area contributed by atoms with E-state index in [4.69, 9.17) is 11.6 Å². The van der Waals surface area contributed by atoms with E-state index in [0.717, 1.165) is 24.2 Å². The minimum absolute atomic E-state index is 0.360. The summed E-state index contributed by atoms with van der Waals surface area (Å²) in [5.41, 5.74) is 7.99. The Balaban J connectivity index is 1.96. The van der Waals surface area contributed by atoms with Crippen molar-refractivity contribution in [1.29, 1.82) is 0 Å². The van der Waals surface area contributed by atoms with Gasteiger partial charge in [0.15, 0.2) is 0 Å². The molecule has 4 N–H and O–H groups in total. The maximum atomic E-state index is 6.49. The van der Waals surface area contributed by atoms with Crippen LogP contribution in [0.25, 0.3) is 0 Å². The molecule has 5 heteroatoms. The summed E-state index contributed by atoms with van der Waals surface area (Å²) in [7, 11) is 2.09. The Bertz CT molecular complexity index is 456. The number of fused-ring (bicyclic) bond motifs is 1. The molecule has 5 nitrogen and oxygen atoms in total. The predicted molar refractivity (Wildman–Crippen MR) is 67.7 cm³/mol. The van der Waals surface area contributed by atoms with Crippen LogP contribution in [0.4, 0.5) is 0 Å². The second-order valence-corrected chi connectivity index (χ2v) is 4.95. The number of aliphatic imine (C=N–C) groups is 1. The molecular weight excluding hydrogens is 214 g/mol. The van der Waals surface area contributed by atoms with E-state index >= 15 is 0 Å². The minimum Gasteiger partial charge on any atom is -0.305 e. The van der Waals surface area contributed by atoms with Crippen molar-refractivity contribution in [3.8, 4) is 0 Å². The van der Waals surface area contributed by atoms with Gasteiger partial charge < -0.3 is 10.6 Å². The molecule has 0 aromatic carbocycles. The number of hydrazine groups is 1. The third-order valence-corrected chi connectivity index (χ3v) is 3.68. The van der Waals surface area contributed by atoms with Gasteiger partial charge in [-0.3, -0.25) is 10.0 Å². The van der Waals surface area contributed by atoms with Crippen molar-refractivity contribution in [1.82, 2.24) is 9.91 Å². The summed E-state index contributed by atoms with van der Waals surface area (Å²) < 4.78 is 0. The number of hydrogen-bond acceptors (Lipinski definition) is 5. The van der Waals surface area contributed by atoms with E-state index in [9.17, 15) is 0 Å². The van der Waals surface area contributed by atoms with Gasteiger partial charge in [0.2, 0.25) is 0 Å². The Kier molecular flexibility index (Phi) is 2.22. The fourth-order valence-corrected chi connectivity index (χ4v) is 2.62. The van der Waals surface area contributed by atoms with Crippen LogP contribution in [-0.4, -0.2) is 41.9 Å². The van der Waals surface area contributed by atoms with Gasteiger partial charge in [0.05, 0.1) is 0 Å². The largest absolute Gasteiger partial charge is 0.305 e. The first-order valence-electron chi connectivity index (χ1n) is 5.76. The molecule has 0 amide bonds. The van der Waals surface area contributed by atoms with Crippen LogP contribution in [0.15, 0.2) is 40.7 Å². The van der Waals surface area contributed by atoms with E-state index in [1.54, 1.807) is 0 Å². The quantitative estimate of drug-likeness (QED) is 0.613. The summed E-state index contributed by atoms with van der Waals surface area (Å²) >= 11 is 0. The van der Waals surface area contributed by atoms with Crippen LogP contribution in [-0.2, 0) is 0 Å². The molecule has 90 valence electrons. The first-order valence-corrected chi connectivity index (χ1v) is 5.76. The molecule has 0 aromatic rings. The monoisotopic (exact) mass is 231 g/mol. The highest BCUT2D eigenvalue weighted by atomic mass is 15.4. The zero-order chi connectivity index (χ0) is 12.0. The number of allylic oxidation sites excluding steroid dienone is 2. The number of hydrogen-bond donors (Lipinski definition) is 2. The molecule has 0 spiro atoms. The number of rotatable bonds is 1. The molecule has 3 rings (SSSR count). The summed E-state index contributed by atoms with van der Waals surface area (Å²) in [6.45, 7) is 1.96. The van der Waals surface area contributed by atoms with Crippen molar-refractivity contribution in [3.05, 3.63) is 35.7 Å². The lowest BCUT2D eigenvalue weighted by Crippen LogP contribution is -2.61. The average Bonchev–Trinajstić information content (AvgIpc) is 2.26. The van der Waals surface area contributed by atoms with Crippen LogP contribution in [0.5, 0.6) is 0 Å². The van der Waals surface area contributed by atoms with E-state index in [1.807, 2.05) is 30.8 Å². The maximum Gasteiger partial charge on any atom is 0.141 e. The van der Waals surface area contributed by atoms with Crippen LogP contribution in [0.3, 0.4) is 0 Å². The number of nitrogens with zero attached hydrogens (tertiary/aromatic N) is 3. The van der Waals surface area contributed by atoms with E-state index in [0.29, 0.717) is 5.92 Å². The van der Waals surface area contributed by atoms with Gasteiger partial charge in [0.25, 0.3) is 0 Å². The van der Waals surface area contributed by atoms with Gasteiger partial charge in [-0.1, -0.05) is 0 Å². The summed E-state index contributed by atoms with van der Waals surface area (Å²) in [6.07, 6.45) is 9.46. The van der Waals surface area contributed by atoms with Crippen molar-refractivity contribution < 1.29 is 0 Å². The molecule has 0 bridgehead atoms. The summed E-state index contributed by atoms with van der Waals surface area (Å²) in [6, 6.07) is 0. The molecule has 0 aliphatic carbocycles. The van der Waals surface area contributed by atoms with E-state index < -0.39 is 5.66 Å². The van der Waals surface area contributed by atoms with Crippen molar-refractivity contribution >= 4 is 6.21 Å². The third kappa shape index (κ3) is 1.55. The molecule has 17 heavy (non-hydrogen) atoms. The van der Waals surface area contributed by atoms with Crippen molar-refractivity contribution in [2.45, 2.75) is 5.66 Å². The Morgan fingerprint density at radius 2 is 2.24 bits per heavy atom. The van der Waals surface area contributed by atoms with E-state index in [1.165, 1.54) is 5.01 Å². The molecule has 1 atom stereocenters. The van der Waals surface area contributed by atoms with Crippen molar-refractivity contribution in [2.24, 2.45) is 22.5 Å². The molecule has 0 radical (unpaired) electrons. The fraction of sp³-hybridized carbons (Fsp3) is 0.417.